The lowest BCUT2D eigenvalue weighted by atomic mass is 10.1. The van der Waals surface area contributed by atoms with E-state index in [4.69, 9.17) is 4.74 Å². The number of benzene rings is 2. The highest BCUT2D eigenvalue weighted by Crippen LogP contribution is 2.33. The first-order chi connectivity index (χ1) is 12.8. The molecule has 2 aromatic rings. The van der Waals surface area contributed by atoms with Crippen LogP contribution in [0.3, 0.4) is 0 Å². The highest BCUT2D eigenvalue weighted by molar-refractivity contribution is 9.08. The smallest absolute Gasteiger partial charge is 0.254 e. The minimum absolute atomic E-state index is 0.140. The Labute approximate surface area is 162 Å². The van der Waals surface area contributed by atoms with Crippen molar-refractivity contribution in [3.8, 4) is 5.75 Å². The third kappa shape index (κ3) is 3.51. The normalized spacial score (nSPS) is 19.5. The van der Waals surface area contributed by atoms with Crippen LogP contribution >= 0.6 is 15.9 Å². The molecular weight excluding hydrogens is 392 g/mol. The number of ether oxygens (including phenoxy) is 1. The van der Waals surface area contributed by atoms with E-state index in [-0.39, 0.29) is 11.9 Å². The second-order valence-electron chi connectivity index (χ2n) is 6.95. The number of amides is 1. The van der Waals surface area contributed by atoms with Gasteiger partial charge in [0.15, 0.2) is 0 Å². The van der Waals surface area contributed by atoms with Crippen LogP contribution < -0.4 is 10.1 Å². The van der Waals surface area contributed by atoms with Crippen molar-refractivity contribution in [1.29, 1.82) is 0 Å². The fourth-order valence-corrected chi connectivity index (χ4v) is 4.12. The summed E-state index contributed by atoms with van der Waals surface area (Å²) in [6.07, 6.45) is 2.20. The van der Waals surface area contributed by atoms with Crippen LogP contribution in [-0.4, -0.2) is 29.9 Å². The van der Waals surface area contributed by atoms with E-state index in [9.17, 15) is 4.79 Å². The molecule has 0 saturated carbocycles. The summed E-state index contributed by atoms with van der Waals surface area (Å²) in [5.74, 6) is 0.965. The number of hydrogen-bond acceptors (Lipinski definition) is 3. The Morgan fingerprint density at radius 2 is 1.96 bits per heavy atom. The molecule has 1 fully saturated rings. The van der Waals surface area contributed by atoms with Crippen LogP contribution in [0, 0.1) is 0 Å². The van der Waals surface area contributed by atoms with E-state index in [1.165, 1.54) is 5.56 Å². The summed E-state index contributed by atoms with van der Waals surface area (Å²) < 4.78 is 6.09. The number of nitrogens with one attached hydrogen (secondary N) is 1. The van der Waals surface area contributed by atoms with Gasteiger partial charge >= 0.3 is 0 Å². The molecule has 0 radical (unpaired) electrons. The van der Waals surface area contributed by atoms with Crippen molar-refractivity contribution in [2.24, 2.45) is 0 Å². The molecule has 26 heavy (non-hydrogen) atoms. The number of halogens is 1. The maximum Gasteiger partial charge on any atom is 0.254 e. The third-order valence-corrected chi connectivity index (χ3v) is 5.88. The zero-order chi connectivity index (χ0) is 17.9. The predicted molar refractivity (Wildman–Crippen MR) is 106 cm³/mol. The fraction of sp³-hybridized carbons (Fsp3) is 0.381. The molecular formula is C21H23BrN2O2. The Hall–Kier alpha value is -1.85. The summed E-state index contributed by atoms with van der Waals surface area (Å²) in [5, 5.41) is 4.26. The van der Waals surface area contributed by atoms with Gasteiger partial charge in [-0.1, -0.05) is 46.3 Å². The van der Waals surface area contributed by atoms with Gasteiger partial charge in [-0.15, -0.1) is 0 Å². The SMILES string of the molecule is O=C1c2cccc(OCc3ccc(CBr)cc3)c2CN1[C@H]1CCCNC1. The predicted octanol–water partition coefficient (Wildman–Crippen LogP) is 3.87. The maximum absolute atomic E-state index is 12.8. The van der Waals surface area contributed by atoms with Crippen LogP contribution in [-0.2, 0) is 18.5 Å². The van der Waals surface area contributed by atoms with E-state index >= 15 is 0 Å². The molecule has 1 N–H and O–H groups in total. The third-order valence-electron chi connectivity index (χ3n) is 5.24. The van der Waals surface area contributed by atoms with E-state index in [1.54, 1.807) is 0 Å². The van der Waals surface area contributed by atoms with Gasteiger partial charge in [-0.3, -0.25) is 4.79 Å². The molecule has 136 valence electrons. The number of carbonyl (C=O) groups excluding carboxylic acids is 1. The summed E-state index contributed by atoms with van der Waals surface area (Å²) in [6.45, 7) is 3.10. The van der Waals surface area contributed by atoms with Gasteiger partial charge in [0.25, 0.3) is 5.91 Å². The minimum Gasteiger partial charge on any atom is -0.489 e. The van der Waals surface area contributed by atoms with Crippen molar-refractivity contribution in [2.45, 2.75) is 37.4 Å². The van der Waals surface area contributed by atoms with Crippen LogP contribution in [0.1, 0.15) is 39.9 Å². The lowest BCUT2D eigenvalue weighted by Crippen LogP contribution is -2.46. The number of alkyl halides is 1. The fourth-order valence-electron chi connectivity index (χ4n) is 3.74. The van der Waals surface area contributed by atoms with Gasteiger partial charge in [-0.2, -0.15) is 0 Å². The van der Waals surface area contributed by atoms with Gasteiger partial charge in [0.1, 0.15) is 12.4 Å². The first-order valence-electron chi connectivity index (χ1n) is 9.16. The molecule has 5 heteroatoms. The Kier molecular flexibility index (Phi) is 5.27. The van der Waals surface area contributed by atoms with Gasteiger partial charge in [0.05, 0.1) is 6.54 Å². The van der Waals surface area contributed by atoms with Crippen LogP contribution in [0.15, 0.2) is 42.5 Å². The molecule has 4 nitrogen and oxygen atoms in total. The zero-order valence-corrected chi connectivity index (χ0v) is 16.3. The topological polar surface area (TPSA) is 41.6 Å². The van der Waals surface area contributed by atoms with Gasteiger partial charge in [-0.05, 0) is 42.6 Å². The second kappa shape index (κ2) is 7.80. The molecule has 0 unspecified atom stereocenters. The van der Waals surface area contributed by atoms with Gasteiger partial charge in [-0.25, -0.2) is 0 Å². The monoisotopic (exact) mass is 414 g/mol. The first-order valence-corrected chi connectivity index (χ1v) is 10.3. The molecule has 2 aliphatic heterocycles. The second-order valence-corrected chi connectivity index (χ2v) is 7.52. The Morgan fingerprint density at radius 1 is 1.15 bits per heavy atom. The molecule has 2 aliphatic rings. The molecule has 0 aliphatic carbocycles. The lowest BCUT2D eigenvalue weighted by Gasteiger charge is -2.31. The molecule has 4 rings (SSSR count). The van der Waals surface area contributed by atoms with Crippen molar-refractivity contribution in [2.75, 3.05) is 13.1 Å². The van der Waals surface area contributed by atoms with Crippen LogP contribution in [0.25, 0.3) is 0 Å². The van der Waals surface area contributed by atoms with Gasteiger partial charge < -0.3 is 15.0 Å². The van der Waals surface area contributed by atoms with Crippen molar-refractivity contribution < 1.29 is 9.53 Å². The van der Waals surface area contributed by atoms with Crippen molar-refractivity contribution in [3.05, 3.63) is 64.7 Å². The standard InChI is InChI=1S/C21H23BrN2O2/c22-11-15-6-8-16(9-7-15)14-26-20-5-1-4-18-19(20)13-24(21(18)25)17-3-2-10-23-12-17/h1,4-9,17,23H,2-3,10-14H2/t17-/m0/s1. The molecule has 2 heterocycles. The Balaban J connectivity index is 1.48. The quantitative estimate of drug-likeness (QED) is 0.754. The van der Waals surface area contributed by atoms with E-state index in [2.05, 4.69) is 45.5 Å². The molecule has 0 spiro atoms. The average molecular weight is 415 g/mol. The number of fused-ring (bicyclic) bond motifs is 1. The van der Waals surface area contributed by atoms with Crippen molar-refractivity contribution >= 4 is 21.8 Å². The summed E-state index contributed by atoms with van der Waals surface area (Å²) in [4.78, 5) is 14.8. The molecule has 1 atom stereocenters. The summed E-state index contributed by atoms with van der Waals surface area (Å²) in [7, 11) is 0. The number of nitrogens with zero attached hydrogens (tertiary/aromatic N) is 1. The highest BCUT2D eigenvalue weighted by Gasteiger charge is 2.34. The van der Waals surface area contributed by atoms with Gasteiger partial charge in [0.2, 0.25) is 0 Å². The van der Waals surface area contributed by atoms with E-state index in [0.29, 0.717) is 13.2 Å². The molecule has 0 aromatic heterocycles. The summed E-state index contributed by atoms with van der Waals surface area (Å²) >= 11 is 3.46. The number of piperidine rings is 1. The van der Waals surface area contributed by atoms with Crippen LogP contribution in [0.4, 0.5) is 0 Å². The number of hydrogen-bond donors (Lipinski definition) is 1. The number of carbonyl (C=O) groups is 1. The lowest BCUT2D eigenvalue weighted by molar-refractivity contribution is 0.0674. The van der Waals surface area contributed by atoms with Crippen LogP contribution in [0.2, 0.25) is 0 Å². The minimum atomic E-state index is 0.140. The van der Waals surface area contributed by atoms with E-state index in [1.807, 2.05) is 23.1 Å². The molecule has 1 amide bonds. The molecule has 1 saturated heterocycles. The first kappa shape index (κ1) is 17.6. The van der Waals surface area contributed by atoms with Gasteiger partial charge in [0, 0.05) is 29.0 Å². The number of rotatable bonds is 5. The summed E-state index contributed by atoms with van der Waals surface area (Å²) in [6, 6.07) is 14.5. The maximum atomic E-state index is 12.8. The van der Waals surface area contributed by atoms with Crippen LogP contribution in [0.5, 0.6) is 5.75 Å². The zero-order valence-electron chi connectivity index (χ0n) is 14.7. The molecule has 2 aromatic carbocycles. The highest BCUT2D eigenvalue weighted by atomic mass is 79.9. The van der Waals surface area contributed by atoms with Crippen molar-refractivity contribution in [3.63, 3.8) is 0 Å². The Bertz CT molecular complexity index is 785. The summed E-state index contributed by atoms with van der Waals surface area (Å²) in [5.41, 5.74) is 4.20. The van der Waals surface area contributed by atoms with E-state index in [0.717, 1.165) is 53.7 Å². The van der Waals surface area contributed by atoms with E-state index < -0.39 is 0 Å². The largest absolute Gasteiger partial charge is 0.489 e. The van der Waals surface area contributed by atoms with Crippen molar-refractivity contribution in [1.82, 2.24) is 10.2 Å². The Morgan fingerprint density at radius 3 is 2.69 bits per heavy atom. The molecule has 0 bridgehead atoms. The average Bonchev–Trinajstić information content (AvgIpc) is 3.05.